The summed E-state index contributed by atoms with van der Waals surface area (Å²) in [6.45, 7) is 2.29. The average Bonchev–Trinajstić information content (AvgIpc) is 3.06. The van der Waals surface area contributed by atoms with Crippen molar-refractivity contribution in [3.63, 3.8) is 0 Å². The number of halogens is 2. The summed E-state index contributed by atoms with van der Waals surface area (Å²) in [5.41, 5.74) is 0.803. The second-order valence-electron chi connectivity index (χ2n) is 5.75. The van der Waals surface area contributed by atoms with Gasteiger partial charge in [0.05, 0.1) is 4.70 Å². The molecule has 1 aliphatic heterocycles. The maximum Gasteiger partial charge on any atom is 0.254 e. The summed E-state index contributed by atoms with van der Waals surface area (Å²) in [4.78, 5) is 24.4. The largest absolute Gasteiger partial charge is 0.345 e. The van der Waals surface area contributed by atoms with E-state index in [1.807, 2.05) is 4.90 Å². The Morgan fingerprint density at radius 1 is 1.08 bits per heavy atom. The quantitative estimate of drug-likeness (QED) is 0.705. The molecule has 0 radical (unpaired) electrons. The number of amides is 1. The van der Waals surface area contributed by atoms with Crippen molar-refractivity contribution in [2.75, 3.05) is 31.1 Å². The van der Waals surface area contributed by atoms with E-state index in [4.69, 9.17) is 0 Å². The number of hydrogen-bond donors (Lipinski definition) is 0. The monoisotopic (exact) mass is 360 g/mol. The first-order valence-electron chi connectivity index (χ1n) is 7.81. The van der Waals surface area contributed by atoms with Gasteiger partial charge in [-0.05, 0) is 18.2 Å². The SMILES string of the molecule is O=C(c1ccncc1)N1CCN(c2nc3c(F)cc(F)cc3s2)CC1. The van der Waals surface area contributed by atoms with Gasteiger partial charge in [-0.3, -0.25) is 9.78 Å². The van der Waals surface area contributed by atoms with Gasteiger partial charge in [0.1, 0.15) is 11.3 Å². The molecule has 0 N–H and O–H groups in total. The molecule has 1 fully saturated rings. The number of piperazine rings is 1. The van der Waals surface area contributed by atoms with Crippen LogP contribution in [0.1, 0.15) is 10.4 Å². The lowest BCUT2D eigenvalue weighted by molar-refractivity contribution is 0.0746. The van der Waals surface area contributed by atoms with Gasteiger partial charge in [0.2, 0.25) is 0 Å². The number of rotatable bonds is 2. The van der Waals surface area contributed by atoms with Crippen molar-refractivity contribution in [1.82, 2.24) is 14.9 Å². The van der Waals surface area contributed by atoms with Crippen LogP contribution in [-0.4, -0.2) is 47.0 Å². The normalized spacial score (nSPS) is 15.0. The molecule has 1 saturated heterocycles. The number of pyridine rings is 1. The molecule has 1 aromatic carbocycles. The molecule has 1 aliphatic rings. The Hall–Kier alpha value is -2.61. The van der Waals surface area contributed by atoms with Crippen LogP contribution in [0.2, 0.25) is 0 Å². The van der Waals surface area contributed by atoms with Gasteiger partial charge in [-0.15, -0.1) is 0 Å². The van der Waals surface area contributed by atoms with Crippen LogP contribution < -0.4 is 4.90 Å². The second-order valence-corrected chi connectivity index (χ2v) is 6.76. The Balaban J connectivity index is 1.49. The van der Waals surface area contributed by atoms with Crippen molar-refractivity contribution < 1.29 is 13.6 Å². The number of fused-ring (bicyclic) bond motifs is 1. The Labute approximate surface area is 146 Å². The van der Waals surface area contributed by atoms with E-state index in [0.29, 0.717) is 41.6 Å². The third kappa shape index (κ3) is 3.05. The molecule has 3 aromatic rings. The van der Waals surface area contributed by atoms with Crippen LogP contribution in [0.3, 0.4) is 0 Å². The third-order valence-corrected chi connectivity index (χ3v) is 5.23. The molecule has 5 nitrogen and oxygen atoms in total. The number of nitrogens with zero attached hydrogens (tertiary/aromatic N) is 4. The summed E-state index contributed by atoms with van der Waals surface area (Å²) in [7, 11) is 0. The highest BCUT2D eigenvalue weighted by molar-refractivity contribution is 7.22. The predicted octanol–water partition coefficient (Wildman–Crippen LogP) is 2.93. The summed E-state index contributed by atoms with van der Waals surface area (Å²) in [6, 6.07) is 5.53. The van der Waals surface area contributed by atoms with Gasteiger partial charge in [0, 0.05) is 50.2 Å². The second kappa shape index (κ2) is 6.36. The van der Waals surface area contributed by atoms with Crippen LogP contribution >= 0.6 is 11.3 Å². The van der Waals surface area contributed by atoms with Gasteiger partial charge >= 0.3 is 0 Å². The molecule has 0 atom stereocenters. The Morgan fingerprint density at radius 2 is 1.80 bits per heavy atom. The van der Waals surface area contributed by atoms with E-state index in [2.05, 4.69) is 9.97 Å². The standard InChI is InChI=1S/C17H14F2N4OS/c18-12-9-13(19)15-14(10-12)25-17(21-15)23-7-5-22(6-8-23)16(24)11-1-3-20-4-2-11/h1-4,9-10H,5-8H2. The zero-order valence-corrected chi connectivity index (χ0v) is 14.0. The van der Waals surface area contributed by atoms with E-state index in [-0.39, 0.29) is 11.4 Å². The number of aromatic nitrogens is 2. The summed E-state index contributed by atoms with van der Waals surface area (Å²) in [5, 5.41) is 0.649. The predicted molar refractivity (Wildman–Crippen MR) is 91.9 cm³/mol. The van der Waals surface area contributed by atoms with Crippen LogP contribution in [0.5, 0.6) is 0 Å². The lowest BCUT2D eigenvalue weighted by Gasteiger charge is -2.34. The zero-order valence-electron chi connectivity index (χ0n) is 13.2. The highest BCUT2D eigenvalue weighted by atomic mass is 32.1. The topological polar surface area (TPSA) is 49.3 Å². The molecule has 4 rings (SSSR count). The smallest absolute Gasteiger partial charge is 0.254 e. The maximum absolute atomic E-state index is 13.8. The maximum atomic E-state index is 13.8. The molecule has 128 valence electrons. The molecular weight excluding hydrogens is 346 g/mol. The van der Waals surface area contributed by atoms with Crippen LogP contribution in [-0.2, 0) is 0 Å². The number of benzene rings is 1. The minimum Gasteiger partial charge on any atom is -0.345 e. The lowest BCUT2D eigenvalue weighted by Crippen LogP contribution is -2.48. The number of carbonyl (C=O) groups excluding carboxylic acids is 1. The van der Waals surface area contributed by atoms with E-state index in [9.17, 15) is 13.6 Å². The molecule has 0 aliphatic carbocycles. The highest BCUT2D eigenvalue weighted by Gasteiger charge is 2.24. The summed E-state index contributed by atoms with van der Waals surface area (Å²) in [6.07, 6.45) is 3.19. The third-order valence-electron chi connectivity index (χ3n) is 4.17. The molecule has 8 heteroatoms. The highest BCUT2D eigenvalue weighted by Crippen LogP contribution is 2.31. The first kappa shape index (κ1) is 15.9. The molecule has 0 unspecified atom stereocenters. The molecular formula is C17H14F2N4OS. The minimum atomic E-state index is -0.649. The van der Waals surface area contributed by atoms with Gasteiger partial charge in [-0.2, -0.15) is 0 Å². The van der Waals surface area contributed by atoms with E-state index in [0.717, 1.165) is 6.07 Å². The summed E-state index contributed by atoms with van der Waals surface area (Å²) >= 11 is 1.26. The summed E-state index contributed by atoms with van der Waals surface area (Å²) in [5.74, 6) is -1.28. The van der Waals surface area contributed by atoms with Crippen molar-refractivity contribution in [2.24, 2.45) is 0 Å². The first-order valence-corrected chi connectivity index (χ1v) is 8.63. The van der Waals surface area contributed by atoms with Crippen LogP contribution in [0.15, 0.2) is 36.7 Å². The van der Waals surface area contributed by atoms with E-state index in [1.165, 1.54) is 17.4 Å². The molecule has 3 heterocycles. The molecule has 1 amide bonds. The van der Waals surface area contributed by atoms with Crippen molar-refractivity contribution in [3.05, 3.63) is 53.9 Å². The van der Waals surface area contributed by atoms with Crippen molar-refractivity contribution in [2.45, 2.75) is 0 Å². The van der Waals surface area contributed by atoms with Crippen molar-refractivity contribution in [3.8, 4) is 0 Å². The zero-order chi connectivity index (χ0) is 17.4. The van der Waals surface area contributed by atoms with Crippen molar-refractivity contribution in [1.29, 1.82) is 0 Å². The number of carbonyl (C=O) groups is 1. The Kier molecular flexibility index (Phi) is 4.04. The molecule has 25 heavy (non-hydrogen) atoms. The van der Waals surface area contributed by atoms with E-state index >= 15 is 0 Å². The van der Waals surface area contributed by atoms with Crippen LogP contribution in [0.4, 0.5) is 13.9 Å². The number of anilines is 1. The molecule has 0 bridgehead atoms. The van der Waals surface area contributed by atoms with Gasteiger partial charge in [0.25, 0.3) is 5.91 Å². The summed E-state index contributed by atoms with van der Waals surface area (Å²) < 4.78 is 27.6. The number of hydrogen-bond acceptors (Lipinski definition) is 5. The molecule has 2 aromatic heterocycles. The first-order chi connectivity index (χ1) is 12.1. The van der Waals surface area contributed by atoms with E-state index < -0.39 is 11.6 Å². The van der Waals surface area contributed by atoms with Gasteiger partial charge in [-0.25, -0.2) is 13.8 Å². The fourth-order valence-electron chi connectivity index (χ4n) is 2.86. The molecule has 0 saturated carbocycles. The Morgan fingerprint density at radius 3 is 2.52 bits per heavy atom. The van der Waals surface area contributed by atoms with Crippen LogP contribution in [0, 0.1) is 11.6 Å². The van der Waals surface area contributed by atoms with Gasteiger partial charge in [0.15, 0.2) is 10.9 Å². The van der Waals surface area contributed by atoms with Crippen LogP contribution in [0.25, 0.3) is 10.2 Å². The average molecular weight is 360 g/mol. The Bertz CT molecular complexity index is 923. The van der Waals surface area contributed by atoms with Gasteiger partial charge < -0.3 is 9.80 Å². The fourth-order valence-corrected chi connectivity index (χ4v) is 3.92. The van der Waals surface area contributed by atoms with Crippen molar-refractivity contribution >= 4 is 32.6 Å². The molecule has 0 spiro atoms. The minimum absolute atomic E-state index is 0.0283. The lowest BCUT2D eigenvalue weighted by atomic mass is 10.2. The number of thiazole rings is 1. The van der Waals surface area contributed by atoms with E-state index in [1.54, 1.807) is 29.4 Å². The van der Waals surface area contributed by atoms with Gasteiger partial charge in [-0.1, -0.05) is 11.3 Å². The fraction of sp³-hybridized carbons (Fsp3) is 0.235.